The molecule has 17 unspecified atom stereocenters. The Hall–Kier alpha value is -1.73. The molecule has 0 bridgehead atoms. The number of unbranched alkanes of at least 4 members (excludes halogenated alkanes) is 58. The Kier molecular flexibility index (Phi) is 65.6. The first kappa shape index (κ1) is 101. The molecule has 3 aliphatic heterocycles. The third-order valence-electron chi connectivity index (χ3n) is 23.3. The quantitative estimate of drug-likeness (QED) is 0.0199. The highest BCUT2D eigenvalue weighted by Crippen LogP contribution is 2.34. The first-order valence-electron chi connectivity index (χ1n) is 46.1. The van der Waals surface area contributed by atoms with Crippen LogP contribution in [0.1, 0.15) is 412 Å². The van der Waals surface area contributed by atoms with Crippen molar-refractivity contribution in [2.24, 2.45) is 0 Å². The van der Waals surface area contributed by atoms with Crippen LogP contribution in [0, 0.1) is 0 Å². The minimum atomic E-state index is -1.98. The molecular weight excluding hydrogens is 1380 g/mol. The van der Waals surface area contributed by atoms with Gasteiger partial charge in [0.05, 0.1) is 38.6 Å². The maximum atomic E-state index is 13.5. The summed E-state index contributed by atoms with van der Waals surface area (Å²) in [5, 5.41) is 121. The summed E-state index contributed by atoms with van der Waals surface area (Å²) < 4.78 is 34.5. The Morgan fingerprint density at radius 3 is 0.917 bits per heavy atom. The number of allylic oxidation sites excluding steroid dienone is 3. The van der Waals surface area contributed by atoms with Crippen molar-refractivity contribution in [3.05, 3.63) is 24.3 Å². The van der Waals surface area contributed by atoms with Gasteiger partial charge in [-0.25, -0.2) is 0 Å². The van der Waals surface area contributed by atoms with Crippen LogP contribution in [0.4, 0.5) is 0 Å². The smallest absolute Gasteiger partial charge is 0.220 e. The van der Waals surface area contributed by atoms with Crippen LogP contribution in [0.5, 0.6) is 0 Å². The highest BCUT2D eigenvalue weighted by atomic mass is 16.8. The van der Waals surface area contributed by atoms with E-state index in [1.54, 1.807) is 6.08 Å². The highest BCUT2D eigenvalue weighted by molar-refractivity contribution is 5.76. The molecule has 12 N–H and O–H groups in total. The molecule has 0 spiro atoms. The van der Waals surface area contributed by atoms with Crippen molar-refractivity contribution in [1.29, 1.82) is 0 Å². The predicted molar refractivity (Wildman–Crippen MR) is 439 cm³/mol. The van der Waals surface area contributed by atoms with E-state index in [1.807, 2.05) is 6.08 Å². The zero-order valence-electron chi connectivity index (χ0n) is 69.6. The summed E-state index contributed by atoms with van der Waals surface area (Å²) in [5.41, 5.74) is 0. The van der Waals surface area contributed by atoms with Gasteiger partial charge in [0.1, 0.15) is 73.2 Å². The molecule has 0 aromatic heterocycles. The van der Waals surface area contributed by atoms with Crippen LogP contribution < -0.4 is 5.32 Å². The third-order valence-corrected chi connectivity index (χ3v) is 23.3. The third kappa shape index (κ3) is 49.2. The summed E-state index contributed by atoms with van der Waals surface area (Å²) in [6.45, 7) is 1.80. The lowest BCUT2D eigenvalue weighted by molar-refractivity contribution is -0.379. The standard InChI is InChI=1S/C90H171NO18/c1-3-5-7-9-11-13-15-17-19-21-23-25-27-29-30-31-32-33-34-35-36-37-38-39-40-41-42-44-46-48-50-52-54-56-58-60-62-64-66-68-78(96)91-73(74(95)67-65-63-61-59-57-55-53-51-49-47-45-43-28-26-24-22-20-18-16-14-12-10-8-6-4-2)72-104-88-84(102)81(99)86(76(70-93)106-88)109-90-85(103)82(100)87(77(71-94)107-90)108-89-83(101)80(98)79(97)75(69-92)105-89/h57,59,65,67,73-77,79-90,92-95,97-103H,3-56,58,60-64,66,68-72H2,1-2H3,(H,91,96)/b59-57+,67-65+. The largest absolute Gasteiger partial charge is 0.394 e. The van der Waals surface area contributed by atoms with Crippen LogP contribution in [0.3, 0.4) is 0 Å². The van der Waals surface area contributed by atoms with Crippen molar-refractivity contribution in [3.8, 4) is 0 Å². The van der Waals surface area contributed by atoms with E-state index in [9.17, 15) is 61.0 Å². The highest BCUT2D eigenvalue weighted by Gasteiger charge is 2.54. The van der Waals surface area contributed by atoms with Gasteiger partial charge in [-0.2, -0.15) is 0 Å². The predicted octanol–water partition coefficient (Wildman–Crippen LogP) is 17.6. The Bertz CT molecular complexity index is 2060. The summed E-state index contributed by atoms with van der Waals surface area (Å²) in [4.78, 5) is 13.5. The fraction of sp³-hybridized carbons (Fsp3) is 0.944. The lowest BCUT2D eigenvalue weighted by Crippen LogP contribution is -2.66. The fourth-order valence-corrected chi connectivity index (χ4v) is 15.9. The molecule has 17 atom stereocenters. The van der Waals surface area contributed by atoms with E-state index < -0.39 is 124 Å². The number of aliphatic hydroxyl groups excluding tert-OH is 11. The lowest BCUT2D eigenvalue weighted by Gasteiger charge is -2.48. The molecule has 0 radical (unpaired) electrons. The van der Waals surface area contributed by atoms with Crippen molar-refractivity contribution in [3.63, 3.8) is 0 Å². The van der Waals surface area contributed by atoms with Gasteiger partial charge >= 0.3 is 0 Å². The summed E-state index contributed by atoms with van der Waals surface area (Å²) in [6.07, 6.45) is 62.2. The van der Waals surface area contributed by atoms with Crippen LogP contribution in [0.25, 0.3) is 0 Å². The van der Waals surface area contributed by atoms with Gasteiger partial charge in [-0.3, -0.25) is 4.79 Å². The molecule has 1 amide bonds. The molecule has 0 saturated carbocycles. The molecule has 109 heavy (non-hydrogen) atoms. The molecule has 19 heteroatoms. The van der Waals surface area contributed by atoms with Crippen LogP contribution in [-0.4, -0.2) is 193 Å². The number of carbonyl (C=O) groups is 1. The van der Waals surface area contributed by atoms with Crippen molar-refractivity contribution >= 4 is 5.91 Å². The number of hydrogen-bond acceptors (Lipinski definition) is 18. The number of hydrogen-bond donors (Lipinski definition) is 12. The van der Waals surface area contributed by atoms with Crippen LogP contribution in [-0.2, 0) is 33.2 Å². The minimum absolute atomic E-state index is 0.241. The van der Waals surface area contributed by atoms with Crippen LogP contribution >= 0.6 is 0 Å². The van der Waals surface area contributed by atoms with E-state index >= 15 is 0 Å². The molecule has 644 valence electrons. The zero-order chi connectivity index (χ0) is 78.8. The molecule has 3 aliphatic rings. The molecule has 0 aliphatic carbocycles. The van der Waals surface area contributed by atoms with Crippen molar-refractivity contribution in [2.45, 2.75) is 516 Å². The van der Waals surface area contributed by atoms with E-state index in [0.29, 0.717) is 12.8 Å². The van der Waals surface area contributed by atoms with E-state index in [4.69, 9.17) is 28.4 Å². The van der Waals surface area contributed by atoms with Gasteiger partial charge in [-0.05, 0) is 32.1 Å². The van der Waals surface area contributed by atoms with E-state index in [2.05, 4.69) is 31.3 Å². The molecule has 3 saturated heterocycles. The molecule has 3 heterocycles. The Morgan fingerprint density at radius 1 is 0.321 bits per heavy atom. The normalized spacial score (nSPS) is 25.3. The fourth-order valence-electron chi connectivity index (χ4n) is 15.9. The molecular formula is C90H171NO18. The summed E-state index contributed by atoms with van der Waals surface area (Å²) in [7, 11) is 0. The van der Waals surface area contributed by atoms with Crippen LogP contribution in [0.2, 0.25) is 0 Å². The monoisotopic (exact) mass is 1550 g/mol. The van der Waals surface area contributed by atoms with E-state index in [-0.39, 0.29) is 18.9 Å². The van der Waals surface area contributed by atoms with Gasteiger partial charge in [-0.15, -0.1) is 0 Å². The van der Waals surface area contributed by atoms with Gasteiger partial charge in [0.15, 0.2) is 18.9 Å². The lowest BCUT2D eigenvalue weighted by atomic mass is 9.96. The first-order chi connectivity index (χ1) is 53.3. The van der Waals surface area contributed by atoms with E-state index in [1.165, 1.54) is 340 Å². The number of rotatable bonds is 76. The first-order valence-corrected chi connectivity index (χ1v) is 46.1. The second-order valence-electron chi connectivity index (χ2n) is 33.1. The summed E-state index contributed by atoms with van der Waals surface area (Å²) in [6, 6.07) is -0.989. The molecule has 0 aromatic carbocycles. The Labute approximate surface area is 664 Å². The molecule has 3 rings (SSSR count). The maximum absolute atomic E-state index is 13.5. The number of nitrogens with one attached hydrogen (secondary N) is 1. The summed E-state index contributed by atoms with van der Waals surface area (Å²) in [5.74, 6) is -0.276. The van der Waals surface area contributed by atoms with Gasteiger partial charge in [-0.1, -0.05) is 398 Å². The SMILES string of the molecule is CCCCCCCCCCCCCCCCCCCCC/C=C/CC/C=C/C(O)C(COC1OC(CO)C(OC2OC(CO)C(OC3OC(CO)C(O)C(O)C3O)C(O)C2O)C(O)C1O)NC(=O)CCCCCCCCCCCCCCCCCCCCCCCCCCCCCCCCCCCCCCCCC. The van der Waals surface area contributed by atoms with Gasteiger partial charge in [0, 0.05) is 6.42 Å². The van der Waals surface area contributed by atoms with E-state index in [0.717, 1.165) is 38.5 Å². The van der Waals surface area contributed by atoms with Gasteiger partial charge in [0.2, 0.25) is 5.91 Å². The average molecular weight is 1560 g/mol. The second kappa shape index (κ2) is 70.5. The second-order valence-corrected chi connectivity index (χ2v) is 33.1. The topological polar surface area (TPSA) is 307 Å². The van der Waals surface area contributed by atoms with Crippen molar-refractivity contribution < 1.29 is 89.4 Å². The zero-order valence-corrected chi connectivity index (χ0v) is 69.6. The molecule has 19 nitrogen and oxygen atoms in total. The van der Waals surface area contributed by atoms with Crippen molar-refractivity contribution in [1.82, 2.24) is 5.32 Å². The van der Waals surface area contributed by atoms with Gasteiger partial charge in [0.25, 0.3) is 0 Å². The van der Waals surface area contributed by atoms with Crippen molar-refractivity contribution in [2.75, 3.05) is 26.4 Å². The Balaban J connectivity index is 1.30. The number of carbonyl (C=O) groups excluding carboxylic acids is 1. The number of ether oxygens (including phenoxy) is 6. The summed E-state index contributed by atoms with van der Waals surface area (Å²) >= 11 is 0. The molecule has 0 aromatic rings. The van der Waals surface area contributed by atoms with Gasteiger partial charge < -0.3 is 89.9 Å². The number of aliphatic hydroxyl groups is 11. The minimum Gasteiger partial charge on any atom is -0.394 e. The maximum Gasteiger partial charge on any atom is 0.220 e. The Morgan fingerprint density at radius 2 is 0.587 bits per heavy atom. The number of amides is 1. The van der Waals surface area contributed by atoms with Crippen LogP contribution in [0.15, 0.2) is 24.3 Å². The average Bonchev–Trinajstić information content (AvgIpc) is 0.784. The molecule has 3 fully saturated rings.